The smallest absolute Gasteiger partial charge is 0.199 e. The Morgan fingerprint density at radius 3 is 3.22 bits per heavy atom. The average molecular weight is 247 g/mol. The van der Waals surface area contributed by atoms with Crippen LogP contribution in [0.4, 0.5) is 5.82 Å². The first kappa shape index (κ1) is 11.3. The number of anilines is 1. The molecule has 2 heterocycles. The van der Waals surface area contributed by atoms with Crippen LogP contribution in [0.1, 0.15) is 25.7 Å². The van der Waals surface area contributed by atoms with Gasteiger partial charge in [-0.1, -0.05) is 6.42 Å². The molecule has 2 aromatic rings. The molecule has 0 saturated heterocycles. The minimum atomic E-state index is 0.434. The first-order chi connectivity index (χ1) is 8.86. The number of nitrogens with zero attached hydrogens (tertiary/aromatic N) is 5. The second-order valence-corrected chi connectivity index (χ2v) is 4.85. The van der Waals surface area contributed by atoms with Crippen LogP contribution in [-0.2, 0) is 0 Å². The van der Waals surface area contributed by atoms with Crippen molar-refractivity contribution in [2.45, 2.75) is 31.7 Å². The second kappa shape index (κ2) is 4.85. The molecule has 18 heavy (non-hydrogen) atoms. The highest BCUT2D eigenvalue weighted by atomic mass is 15.5. The van der Waals surface area contributed by atoms with E-state index in [1.807, 2.05) is 0 Å². The van der Waals surface area contributed by atoms with Gasteiger partial charge in [0.15, 0.2) is 11.5 Å². The monoisotopic (exact) mass is 247 g/mol. The van der Waals surface area contributed by atoms with Gasteiger partial charge < -0.3 is 11.1 Å². The Kier molecular flexibility index (Phi) is 3.06. The van der Waals surface area contributed by atoms with Gasteiger partial charge in [-0.3, -0.25) is 4.98 Å². The van der Waals surface area contributed by atoms with Gasteiger partial charge in [-0.2, -0.15) is 4.52 Å². The van der Waals surface area contributed by atoms with Crippen LogP contribution < -0.4 is 11.1 Å². The molecule has 0 amide bonds. The fourth-order valence-electron chi connectivity index (χ4n) is 2.62. The lowest BCUT2D eigenvalue weighted by molar-refractivity contribution is 0.341. The molecule has 0 bridgehead atoms. The van der Waals surface area contributed by atoms with Crippen molar-refractivity contribution in [3.8, 4) is 0 Å². The normalized spacial score (nSPS) is 24.3. The number of rotatable bonds is 3. The number of nitrogens with one attached hydrogen (secondary N) is 1. The molecular formula is C11H17N7. The van der Waals surface area contributed by atoms with Crippen molar-refractivity contribution in [2.75, 3.05) is 11.9 Å². The third-order valence-electron chi connectivity index (χ3n) is 3.58. The maximum atomic E-state index is 5.76. The van der Waals surface area contributed by atoms with Crippen molar-refractivity contribution in [3.63, 3.8) is 0 Å². The van der Waals surface area contributed by atoms with Gasteiger partial charge in [0.1, 0.15) is 0 Å². The molecule has 0 radical (unpaired) electrons. The summed E-state index contributed by atoms with van der Waals surface area (Å²) >= 11 is 0. The number of fused-ring (bicyclic) bond motifs is 1. The summed E-state index contributed by atoms with van der Waals surface area (Å²) in [6.45, 7) is 0.769. The van der Waals surface area contributed by atoms with Gasteiger partial charge in [0.2, 0.25) is 0 Å². The molecule has 0 aromatic carbocycles. The fourth-order valence-corrected chi connectivity index (χ4v) is 2.62. The van der Waals surface area contributed by atoms with E-state index in [2.05, 4.69) is 25.8 Å². The summed E-state index contributed by atoms with van der Waals surface area (Å²) in [4.78, 5) is 4.14. The van der Waals surface area contributed by atoms with Gasteiger partial charge >= 0.3 is 0 Å². The Hall–Kier alpha value is -1.76. The Morgan fingerprint density at radius 1 is 1.39 bits per heavy atom. The Balaban J connectivity index is 1.77. The first-order valence-corrected chi connectivity index (χ1v) is 6.35. The highest BCUT2D eigenvalue weighted by Crippen LogP contribution is 2.25. The van der Waals surface area contributed by atoms with E-state index >= 15 is 0 Å². The van der Waals surface area contributed by atoms with Crippen LogP contribution >= 0.6 is 0 Å². The topological polar surface area (TPSA) is 94.0 Å². The molecule has 2 atom stereocenters. The summed E-state index contributed by atoms with van der Waals surface area (Å²) in [6.07, 6.45) is 8.13. The molecule has 0 aliphatic heterocycles. The van der Waals surface area contributed by atoms with Crippen molar-refractivity contribution in [1.82, 2.24) is 25.0 Å². The maximum Gasteiger partial charge on any atom is 0.199 e. The van der Waals surface area contributed by atoms with Crippen molar-refractivity contribution in [1.29, 1.82) is 0 Å². The minimum Gasteiger partial charge on any atom is -0.366 e. The first-order valence-electron chi connectivity index (χ1n) is 6.35. The summed E-state index contributed by atoms with van der Waals surface area (Å²) in [7, 11) is 0. The largest absolute Gasteiger partial charge is 0.366 e. The Bertz CT molecular complexity index is 523. The minimum absolute atomic E-state index is 0.434. The predicted molar refractivity (Wildman–Crippen MR) is 67.0 cm³/mol. The summed E-state index contributed by atoms with van der Waals surface area (Å²) in [6, 6.07) is 0.434. The number of hydrogen-bond donors (Lipinski definition) is 2. The van der Waals surface area contributed by atoms with Gasteiger partial charge in [0.25, 0.3) is 0 Å². The van der Waals surface area contributed by atoms with Gasteiger partial charge in [-0.05, 0) is 42.2 Å². The van der Waals surface area contributed by atoms with E-state index in [0.29, 0.717) is 17.6 Å². The van der Waals surface area contributed by atoms with Gasteiger partial charge in [0, 0.05) is 6.04 Å². The molecule has 0 spiro atoms. The molecule has 3 N–H and O–H groups in total. The van der Waals surface area contributed by atoms with Gasteiger partial charge in [-0.15, -0.1) is 5.10 Å². The summed E-state index contributed by atoms with van der Waals surface area (Å²) in [5, 5.41) is 15.0. The lowest BCUT2D eigenvalue weighted by atomic mass is 9.86. The quantitative estimate of drug-likeness (QED) is 0.817. The van der Waals surface area contributed by atoms with E-state index in [-0.39, 0.29) is 0 Å². The maximum absolute atomic E-state index is 5.76. The zero-order valence-corrected chi connectivity index (χ0v) is 10.2. The molecule has 7 nitrogen and oxygen atoms in total. The fraction of sp³-hybridized carbons (Fsp3) is 0.636. The molecule has 96 valence electrons. The summed E-state index contributed by atoms with van der Waals surface area (Å²) in [5.74, 6) is 1.47. The van der Waals surface area contributed by atoms with Crippen LogP contribution in [0, 0.1) is 5.92 Å². The molecule has 2 aromatic heterocycles. The molecule has 1 aliphatic rings. The number of nitrogens with two attached hydrogens (primary N) is 1. The number of hydrogen-bond acceptors (Lipinski definition) is 6. The van der Waals surface area contributed by atoms with Crippen LogP contribution in [0.15, 0.2) is 12.4 Å². The van der Waals surface area contributed by atoms with Crippen molar-refractivity contribution < 1.29 is 0 Å². The lowest BCUT2D eigenvalue weighted by Crippen LogP contribution is -2.31. The predicted octanol–water partition coefficient (Wildman–Crippen LogP) is 0.449. The highest BCUT2D eigenvalue weighted by molar-refractivity contribution is 5.44. The van der Waals surface area contributed by atoms with Crippen LogP contribution in [-0.4, -0.2) is 37.6 Å². The molecule has 1 aliphatic carbocycles. The Morgan fingerprint density at radius 2 is 2.33 bits per heavy atom. The van der Waals surface area contributed by atoms with E-state index in [0.717, 1.165) is 25.2 Å². The summed E-state index contributed by atoms with van der Waals surface area (Å²) in [5.41, 5.74) is 6.41. The van der Waals surface area contributed by atoms with Crippen molar-refractivity contribution in [2.24, 2.45) is 11.7 Å². The zero-order valence-electron chi connectivity index (χ0n) is 10.2. The lowest BCUT2D eigenvalue weighted by Gasteiger charge is -2.29. The van der Waals surface area contributed by atoms with E-state index < -0.39 is 0 Å². The number of tetrazole rings is 1. The van der Waals surface area contributed by atoms with E-state index in [1.165, 1.54) is 12.8 Å². The molecule has 2 unspecified atom stereocenters. The van der Waals surface area contributed by atoms with Crippen LogP contribution in [0.5, 0.6) is 0 Å². The standard InChI is InChI=1S/C11H17N7/c12-5-8-2-1-3-9(4-8)14-10-6-13-7-11-15-16-17-18(10)11/h6-9,14H,1-5,12H2. The van der Waals surface area contributed by atoms with Crippen LogP contribution in [0.25, 0.3) is 5.65 Å². The highest BCUT2D eigenvalue weighted by Gasteiger charge is 2.21. The summed E-state index contributed by atoms with van der Waals surface area (Å²) < 4.78 is 1.68. The van der Waals surface area contributed by atoms with Crippen molar-refractivity contribution in [3.05, 3.63) is 12.4 Å². The molecular weight excluding hydrogens is 230 g/mol. The van der Waals surface area contributed by atoms with E-state index in [4.69, 9.17) is 5.73 Å². The average Bonchev–Trinajstić information content (AvgIpc) is 2.88. The van der Waals surface area contributed by atoms with Crippen LogP contribution in [0.3, 0.4) is 0 Å². The number of aromatic nitrogens is 5. The van der Waals surface area contributed by atoms with E-state index in [9.17, 15) is 0 Å². The SMILES string of the molecule is NCC1CCCC(Nc2cncc3nnnn23)C1. The van der Waals surface area contributed by atoms with Crippen LogP contribution in [0.2, 0.25) is 0 Å². The second-order valence-electron chi connectivity index (χ2n) is 4.85. The van der Waals surface area contributed by atoms with E-state index in [1.54, 1.807) is 16.9 Å². The molecule has 3 rings (SSSR count). The molecule has 7 heteroatoms. The third-order valence-corrected chi connectivity index (χ3v) is 3.58. The van der Waals surface area contributed by atoms with Gasteiger partial charge in [0.05, 0.1) is 12.4 Å². The Labute approximate surface area is 105 Å². The zero-order chi connectivity index (χ0) is 12.4. The molecule has 1 saturated carbocycles. The third kappa shape index (κ3) is 2.13. The van der Waals surface area contributed by atoms with Crippen molar-refractivity contribution >= 4 is 11.5 Å². The van der Waals surface area contributed by atoms with Gasteiger partial charge in [-0.25, -0.2) is 0 Å². The molecule has 1 fully saturated rings.